The van der Waals surface area contributed by atoms with Gasteiger partial charge in [-0.3, -0.25) is 9.63 Å². The monoisotopic (exact) mass is 291 g/mol. The first-order valence-corrected chi connectivity index (χ1v) is 6.73. The number of carbonyl (C=O) groups excluding carboxylic acids is 1. The lowest BCUT2D eigenvalue weighted by Gasteiger charge is -2.32. The van der Waals surface area contributed by atoms with E-state index >= 15 is 0 Å². The van der Waals surface area contributed by atoms with E-state index in [9.17, 15) is 4.79 Å². The fourth-order valence-corrected chi connectivity index (χ4v) is 1.53. The van der Waals surface area contributed by atoms with Crippen LogP contribution in [0.25, 0.3) is 0 Å². The number of amides is 1. The van der Waals surface area contributed by atoms with Gasteiger partial charge in [0.2, 0.25) is 5.91 Å². The van der Waals surface area contributed by atoms with Gasteiger partial charge in [-0.2, -0.15) is 0 Å². The SMILES string of the molecule is CNCC(C)(C)OCC(C)(C)OCCNC(=O)CON. The third kappa shape index (κ3) is 10.1. The average molecular weight is 291 g/mol. The van der Waals surface area contributed by atoms with Crippen LogP contribution in [0.5, 0.6) is 0 Å². The van der Waals surface area contributed by atoms with Crippen LogP contribution in [0.15, 0.2) is 0 Å². The molecule has 0 radical (unpaired) electrons. The number of hydrogen-bond donors (Lipinski definition) is 3. The maximum Gasteiger partial charge on any atom is 0.248 e. The standard InChI is InChI=1S/C13H29N3O4/c1-12(2,9-15-5)19-10-13(3,4)18-7-6-16-11(17)8-20-14/h15H,6-10,14H2,1-5H3,(H,16,17). The Labute approximate surface area is 121 Å². The predicted octanol–water partition coefficient (Wildman–Crippen LogP) is -0.197. The smallest absolute Gasteiger partial charge is 0.248 e. The van der Waals surface area contributed by atoms with E-state index in [1.54, 1.807) is 0 Å². The average Bonchev–Trinajstić information content (AvgIpc) is 2.33. The van der Waals surface area contributed by atoms with Crippen LogP contribution >= 0.6 is 0 Å². The van der Waals surface area contributed by atoms with Gasteiger partial charge < -0.3 is 20.1 Å². The van der Waals surface area contributed by atoms with Gasteiger partial charge >= 0.3 is 0 Å². The Kier molecular flexibility index (Phi) is 8.91. The summed E-state index contributed by atoms with van der Waals surface area (Å²) in [4.78, 5) is 15.3. The van der Waals surface area contributed by atoms with E-state index < -0.39 is 5.60 Å². The molecule has 20 heavy (non-hydrogen) atoms. The third-order valence-electron chi connectivity index (χ3n) is 2.54. The number of carbonyl (C=O) groups is 1. The van der Waals surface area contributed by atoms with Crippen LogP contribution in [-0.2, 0) is 19.1 Å². The number of nitrogens with two attached hydrogens (primary N) is 1. The minimum absolute atomic E-state index is 0.148. The van der Waals surface area contributed by atoms with E-state index in [2.05, 4.69) is 15.5 Å². The summed E-state index contributed by atoms with van der Waals surface area (Å²) in [6, 6.07) is 0. The third-order valence-corrected chi connectivity index (χ3v) is 2.54. The lowest BCUT2D eigenvalue weighted by atomic mass is 10.1. The molecule has 0 aliphatic carbocycles. The molecule has 0 saturated heterocycles. The quantitative estimate of drug-likeness (QED) is 0.360. The molecule has 0 aromatic rings. The van der Waals surface area contributed by atoms with Crippen molar-refractivity contribution in [1.82, 2.24) is 10.6 Å². The zero-order chi connectivity index (χ0) is 15.6. The highest BCUT2D eigenvalue weighted by Gasteiger charge is 2.24. The first kappa shape index (κ1) is 19.3. The molecule has 0 aromatic carbocycles. The van der Waals surface area contributed by atoms with Crippen LogP contribution in [-0.4, -0.2) is 57.1 Å². The predicted molar refractivity (Wildman–Crippen MR) is 77.1 cm³/mol. The summed E-state index contributed by atoms with van der Waals surface area (Å²) >= 11 is 0. The normalized spacial score (nSPS) is 12.5. The molecule has 7 nitrogen and oxygen atoms in total. The van der Waals surface area contributed by atoms with Crippen LogP contribution in [0.1, 0.15) is 27.7 Å². The second-order valence-corrected chi connectivity index (χ2v) is 5.85. The van der Waals surface area contributed by atoms with Gasteiger partial charge in [0.1, 0.15) is 6.61 Å². The molecule has 120 valence electrons. The van der Waals surface area contributed by atoms with Gasteiger partial charge in [-0.1, -0.05) is 0 Å². The topological polar surface area (TPSA) is 94.8 Å². The van der Waals surface area contributed by atoms with Gasteiger partial charge in [-0.05, 0) is 34.7 Å². The Morgan fingerprint density at radius 1 is 1.15 bits per heavy atom. The van der Waals surface area contributed by atoms with Gasteiger partial charge in [0, 0.05) is 13.1 Å². The van der Waals surface area contributed by atoms with Gasteiger partial charge in [-0.15, -0.1) is 0 Å². The molecule has 0 atom stereocenters. The number of hydrogen-bond acceptors (Lipinski definition) is 6. The Morgan fingerprint density at radius 3 is 2.35 bits per heavy atom. The molecule has 4 N–H and O–H groups in total. The van der Waals surface area contributed by atoms with Crippen molar-refractivity contribution in [2.45, 2.75) is 38.9 Å². The molecule has 0 aliphatic heterocycles. The number of ether oxygens (including phenoxy) is 2. The van der Waals surface area contributed by atoms with E-state index in [-0.39, 0.29) is 18.1 Å². The molecule has 0 unspecified atom stereocenters. The van der Waals surface area contributed by atoms with E-state index in [4.69, 9.17) is 15.4 Å². The number of rotatable bonds is 11. The molecule has 1 amide bonds. The molecular weight excluding hydrogens is 262 g/mol. The summed E-state index contributed by atoms with van der Waals surface area (Å²) in [5.74, 6) is 4.53. The number of likely N-dealkylation sites (N-methyl/N-ethyl adjacent to an activating group) is 1. The maximum absolute atomic E-state index is 11.1. The molecule has 7 heteroatoms. The fourth-order valence-electron chi connectivity index (χ4n) is 1.53. The highest BCUT2D eigenvalue weighted by molar-refractivity contribution is 5.77. The van der Waals surface area contributed by atoms with E-state index in [1.807, 2.05) is 34.7 Å². The molecule has 0 aliphatic rings. The Morgan fingerprint density at radius 2 is 1.80 bits per heavy atom. The van der Waals surface area contributed by atoms with Gasteiger partial charge in [-0.25, -0.2) is 5.90 Å². The zero-order valence-electron chi connectivity index (χ0n) is 13.2. The lowest BCUT2D eigenvalue weighted by Crippen LogP contribution is -2.42. The molecule has 0 rings (SSSR count). The summed E-state index contributed by atoms with van der Waals surface area (Å²) in [6.45, 7) is 9.84. The van der Waals surface area contributed by atoms with Gasteiger partial charge in [0.25, 0.3) is 0 Å². The van der Waals surface area contributed by atoms with Crippen LogP contribution in [0, 0.1) is 0 Å². The summed E-state index contributed by atoms with van der Waals surface area (Å²) in [5, 5.41) is 5.71. The molecule has 0 saturated carbocycles. The Bertz CT molecular complexity index is 283. The van der Waals surface area contributed by atoms with Crippen LogP contribution < -0.4 is 16.5 Å². The molecular formula is C13H29N3O4. The van der Waals surface area contributed by atoms with Crippen molar-refractivity contribution in [2.24, 2.45) is 5.90 Å². The van der Waals surface area contributed by atoms with Gasteiger partial charge in [0.05, 0.1) is 24.4 Å². The molecule has 0 spiro atoms. The molecule has 0 heterocycles. The van der Waals surface area contributed by atoms with Crippen molar-refractivity contribution in [3.05, 3.63) is 0 Å². The van der Waals surface area contributed by atoms with E-state index in [0.29, 0.717) is 19.8 Å². The van der Waals surface area contributed by atoms with Crippen LogP contribution in [0.3, 0.4) is 0 Å². The molecule has 0 bridgehead atoms. The minimum Gasteiger partial charge on any atom is -0.371 e. The summed E-state index contributed by atoms with van der Waals surface area (Å²) in [6.07, 6.45) is 0. The summed E-state index contributed by atoms with van der Waals surface area (Å²) in [5.41, 5.74) is -0.665. The zero-order valence-corrected chi connectivity index (χ0v) is 13.2. The van der Waals surface area contributed by atoms with Crippen molar-refractivity contribution in [3.63, 3.8) is 0 Å². The van der Waals surface area contributed by atoms with E-state index in [0.717, 1.165) is 6.54 Å². The van der Waals surface area contributed by atoms with Crippen molar-refractivity contribution < 1.29 is 19.1 Å². The second kappa shape index (κ2) is 9.25. The Hall–Kier alpha value is -0.730. The Balaban J connectivity index is 3.87. The molecule has 0 fully saturated rings. The van der Waals surface area contributed by atoms with Crippen LogP contribution in [0.4, 0.5) is 0 Å². The second-order valence-electron chi connectivity index (χ2n) is 5.85. The van der Waals surface area contributed by atoms with Gasteiger partial charge in [0.15, 0.2) is 0 Å². The first-order valence-electron chi connectivity index (χ1n) is 6.73. The summed E-state index contributed by atoms with van der Waals surface area (Å²) in [7, 11) is 1.89. The van der Waals surface area contributed by atoms with Crippen LogP contribution in [0.2, 0.25) is 0 Å². The first-order chi connectivity index (χ1) is 9.22. The fraction of sp³-hybridized carbons (Fsp3) is 0.923. The van der Waals surface area contributed by atoms with Crippen molar-refractivity contribution in [1.29, 1.82) is 0 Å². The highest BCUT2D eigenvalue weighted by atomic mass is 16.6. The lowest BCUT2D eigenvalue weighted by molar-refractivity contribution is -0.128. The van der Waals surface area contributed by atoms with Crippen molar-refractivity contribution in [2.75, 3.05) is 40.0 Å². The maximum atomic E-state index is 11.1. The number of nitrogens with one attached hydrogen (secondary N) is 2. The molecule has 0 aromatic heterocycles. The van der Waals surface area contributed by atoms with Crippen molar-refractivity contribution in [3.8, 4) is 0 Å². The summed E-state index contributed by atoms with van der Waals surface area (Å²) < 4.78 is 11.5. The van der Waals surface area contributed by atoms with Crippen molar-refractivity contribution >= 4 is 5.91 Å². The van der Waals surface area contributed by atoms with E-state index in [1.165, 1.54) is 0 Å². The highest BCUT2D eigenvalue weighted by Crippen LogP contribution is 2.15. The largest absolute Gasteiger partial charge is 0.371 e. The minimum atomic E-state index is -0.417.